The van der Waals surface area contributed by atoms with E-state index in [-0.39, 0.29) is 11.7 Å². The molecule has 1 saturated heterocycles. The Morgan fingerprint density at radius 1 is 1.48 bits per heavy atom. The van der Waals surface area contributed by atoms with Crippen LogP contribution in [0.2, 0.25) is 0 Å². The van der Waals surface area contributed by atoms with Gasteiger partial charge in [0.15, 0.2) is 5.82 Å². The second-order valence-electron chi connectivity index (χ2n) is 5.47. The molecule has 1 amide bonds. The van der Waals surface area contributed by atoms with E-state index in [1.165, 1.54) is 6.20 Å². The maximum Gasteiger partial charge on any atom is 0.293 e. The number of carbonyl (C=O) groups is 1. The number of hydrogen-bond acceptors (Lipinski definition) is 6. The molecule has 3 heterocycles. The van der Waals surface area contributed by atoms with Crippen molar-refractivity contribution in [1.82, 2.24) is 20.0 Å². The Bertz CT molecular complexity index is 650. The number of rotatable bonds is 2. The van der Waals surface area contributed by atoms with E-state index in [0.717, 1.165) is 18.5 Å². The van der Waals surface area contributed by atoms with Crippen molar-refractivity contribution in [2.45, 2.75) is 32.2 Å². The van der Waals surface area contributed by atoms with Crippen LogP contribution in [0.3, 0.4) is 0 Å². The van der Waals surface area contributed by atoms with E-state index >= 15 is 0 Å². The molecule has 2 aromatic rings. The molecular formula is C14H17N5O2. The van der Waals surface area contributed by atoms with Crippen LogP contribution in [0.4, 0.5) is 5.82 Å². The third-order valence-electron chi connectivity index (χ3n) is 3.89. The molecule has 110 valence electrons. The Morgan fingerprint density at radius 3 is 2.95 bits per heavy atom. The summed E-state index contributed by atoms with van der Waals surface area (Å²) in [6, 6.07) is 3.27. The van der Waals surface area contributed by atoms with Gasteiger partial charge in [-0.15, -0.1) is 0 Å². The van der Waals surface area contributed by atoms with Gasteiger partial charge >= 0.3 is 0 Å². The van der Waals surface area contributed by atoms with Crippen LogP contribution in [-0.2, 0) is 5.54 Å². The highest BCUT2D eigenvalue weighted by Gasteiger charge is 2.44. The van der Waals surface area contributed by atoms with E-state index < -0.39 is 5.54 Å². The zero-order valence-electron chi connectivity index (χ0n) is 12.0. The zero-order chi connectivity index (χ0) is 15.0. The molecule has 7 heteroatoms. The predicted molar refractivity (Wildman–Crippen MR) is 75.3 cm³/mol. The second-order valence-corrected chi connectivity index (χ2v) is 5.47. The van der Waals surface area contributed by atoms with Crippen LogP contribution in [0.15, 0.2) is 22.9 Å². The second kappa shape index (κ2) is 4.83. The lowest BCUT2D eigenvalue weighted by Gasteiger charge is -2.33. The Balaban J connectivity index is 2.00. The number of likely N-dealkylation sites (tertiary alicyclic amines) is 1. The number of aryl methyl sites for hydroxylation is 1. The molecule has 21 heavy (non-hydrogen) atoms. The van der Waals surface area contributed by atoms with Crippen LogP contribution in [0.5, 0.6) is 0 Å². The Morgan fingerprint density at radius 2 is 2.29 bits per heavy atom. The minimum absolute atomic E-state index is 0.198. The summed E-state index contributed by atoms with van der Waals surface area (Å²) in [5, 5.41) is 3.59. The number of nitrogen functional groups attached to an aromatic ring is 1. The molecule has 3 rings (SSSR count). The fraction of sp³-hybridized carbons (Fsp3) is 0.429. The summed E-state index contributed by atoms with van der Waals surface area (Å²) in [6.45, 7) is 4.46. The average molecular weight is 287 g/mol. The van der Waals surface area contributed by atoms with Gasteiger partial charge in [0.25, 0.3) is 5.91 Å². The van der Waals surface area contributed by atoms with E-state index in [4.69, 9.17) is 10.3 Å². The molecule has 2 N–H and O–H groups in total. The largest absolute Gasteiger partial charge is 0.384 e. The third kappa shape index (κ3) is 2.24. The van der Waals surface area contributed by atoms with Gasteiger partial charge in [-0.2, -0.15) is 0 Å². The van der Waals surface area contributed by atoms with E-state index in [1.807, 2.05) is 13.8 Å². The summed E-state index contributed by atoms with van der Waals surface area (Å²) in [6.07, 6.45) is 3.13. The number of amides is 1. The van der Waals surface area contributed by atoms with Crippen LogP contribution in [0.25, 0.3) is 0 Å². The minimum atomic E-state index is -0.579. The van der Waals surface area contributed by atoms with E-state index in [0.29, 0.717) is 18.2 Å². The topological polar surface area (TPSA) is 98.1 Å². The average Bonchev–Trinajstić information content (AvgIpc) is 3.06. The quantitative estimate of drug-likeness (QED) is 0.899. The molecule has 0 unspecified atom stereocenters. The van der Waals surface area contributed by atoms with Gasteiger partial charge in [-0.3, -0.25) is 4.79 Å². The zero-order valence-corrected chi connectivity index (χ0v) is 12.0. The van der Waals surface area contributed by atoms with Crippen molar-refractivity contribution in [2.24, 2.45) is 0 Å². The van der Waals surface area contributed by atoms with Crippen molar-refractivity contribution in [3.63, 3.8) is 0 Å². The standard InChI is InChI=1S/C14H17N5O2/c1-9-8-11(15)18-13(17-9)14(2)5-3-7-19(14)12(20)10-4-6-16-21-10/h4,6,8H,3,5,7H2,1-2H3,(H2,15,17,18)/t14-/m1/s1. The fourth-order valence-electron chi connectivity index (χ4n) is 2.81. The van der Waals surface area contributed by atoms with E-state index in [1.54, 1.807) is 17.0 Å². The van der Waals surface area contributed by atoms with Gasteiger partial charge in [-0.05, 0) is 26.7 Å². The number of nitrogens with zero attached hydrogens (tertiary/aromatic N) is 4. The SMILES string of the molecule is Cc1cc(N)nc([C@@]2(C)CCCN2C(=O)c2ccno2)n1. The maximum atomic E-state index is 12.6. The smallest absolute Gasteiger partial charge is 0.293 e. The highest BCUT2D eigenvalue weighted by molar-refractivity contribution is 5.92. The molecule has 0 saturated carbocycles. The summed E-state index contributed by atoms with van der Waals surface area (Å²) in [5.74, 6) is 1.02. The molecule has 0 aliphatic carbocycles. The fourth-order valence-corrected chi connectivity index (χ4v) is 2.81. The van der Waals surface area contributed by atoms with E-state index in [9.17, 15) is 4.79 Å². The molecule has 1 aliphatic heterocycles. The first kappa shape index (κ1) is 13.5. The van der Waals surface area contributed by atoms with Crippen molar-refractivity contribution >= 4 is 11.7 Å². The number of nitrogens with two attached hydrogens (primary N) is 1. The lowest BCUT2D eigenvalue weighted by Crippen LogP contribution is -2.44. The molecule has 1 aliphatic rings. The highest BCUT2D eigenvalue weighted by Crippen LogP contribution is 2.38. The van der Waals surface area contributed by atoms with Crippen LogP contribution < -0.4 is 5.73 Å². The predicted octanol–water partition coefficient (Wildman–Crippen LogP) is 1.51. The number of aromatic nitrogens is 3. The Hall–Kier alpha value is -2.44. The van der Waals surface area contributed by atoms with Gasteiger partial charge in [0.1, 0.15) is 11.4 Å². The lowest BCUT2D eigenvalue weighted by atomic mass is 9.97. The van der Waals surface area contributed by atoms with Gasteiger partial charge in [0, 0.05) is 24.4 Å². The lowest BCUT2D eigenvalue weighted by molar-refractivity contribution is 0.0561. The molecule has 0 radical (unpaired) electrons. The maximum absolute atomic E-state index is 12.6. The van der Waals surface area contributed by atoms with Gasteiger partial charge in [0.05, 0.1) is 6.20 Å². The van der Waals surface area contributed by atoms with Crippen molar-refractivity contribution in [3.8, 4) is 0 Å². The first-order valence-corrected chi connectivity index (χ1v) is 6.85. The molecule has 0 bridgehead atoms. The number of hydrogen-bond donors (Lipinski definition) is 1. The van der Waals surface area contributed by atoms with Gasteiger partial charge in [-0.25, -0.2) is 9.97 Å². The monoisotopic (exact) mass is 287 g/mol. The van der Waals surface area contributed by atoms with Crippen molar-refractivity contribution in [3.05, 3.63) is 35.6 Å². The van der Waals surface area contributed by atoms with Crippen molar-refractivity contribution < 1.29 is 9.32 Å². The number of carbonyl (C=O) groups excluding carboxylic acids is 1. The van der Waals surface area contributed by atoms with Gasteiger partial charge in [0.2, 0.25) is 5.76 Å². The first-order chi connectivity index (χ1) is 10.0. The molecule has 0 spiro atoms. The minimum Gasteiger partial charge on any atom is -0.384 e. The molecule has 2 aromatic heterocycles. The molecular weight excluding hydrogens is 270 g/mol. The van der Waals surface area contributed by atoms with Gasteiger partial charge in [-0.1, -0.05) is 5.16 Å². The normalized spacial score (nSPS) is 21.7. The molecule has 1 fully saturated rings. The van der Waals surface area contributed by atoms with Crippen LogP contribution in [-0.4, -0.2) is 32.5 Å². The summed E-state index contributed by atoms with van der Waals surface area (Å²) in [4.78, 5) is 23.1. The summed E-state index contributed by atoms with van der Waals surface area (Å²) in [5.41, 5.74) is 6.03. The molecule has 1 atom stereocenters. The highest BCUT2D eigenvalue weighted by atomic mass is 16.5. The molecule has 0 aromatic carbocycles. The van der Waals surface area contributed by atoms with Crippen LogP contribution in [0, 0.1) is 6.92 Å². The Kier molecular flexibility index (Phi) is 3.12. The van der Waals surface area contributed by atoms with E-state index in [2.05, 4.69) is 15.1 Å². The summed E-state index contributed by atoms with van der Waals surface area (Å²) < 4.78 is 4.98. The third-order valence-corrected chi connectivity index (χ3v) is 3.89. The van der Waals surface area contributed by atoms with Gasteiger partial charge < -0.3 is 15.2 Å². The van der Waals surface area contributed by atoms with Crippen LogP contribution in [0.1, 0.15) is 41.8 Å². The number of anilines is 1. The molecule has 7 nitrogen and oxygen atoms in total. The summed E-state index contributed by atoms with van der Waals surface area (Å²) >= 11 is 0. The Labute approximate surface area is 122 Å². The summed E-state index contributed by atoms with van der Waals surface area (Å²) in [7, 11) is 0. The van der Waals surface area contributed by atoms with Crippen LogP contribution >= 0.6 is 0 Å². The van der Waals surface area contributed by atoms with Crippen molar-refractivity contribution in [2.75, 3.05) is 12.3 Å². The first-order valence-electron chi connectivity index (χ1n) is 6.85. The van der Waals surface area contributed by atoms with Crippen molar-refractivity contribution in [1.29, 1.82) is 0 Å².